The molecular formula is C12H17N3O2. The van der Waals surface area contributed by atoms with E-state index >= 15 is 0 Å². The Kier molecular flexibility index (Phi) is 3.58. The Hall–Kier alpha value is -1.62. The van der Waals surface area contributed by atoms with Gasteiger partial charge in [-0.25, -0.2) is 9.78 Å². The van der Waals surface area contributed by atoms with Gasteiger partial charge in [-0.2, -0.15) is 0 Å². The summed E-state index contributed by atoms with van der Waals surface area (Å²) in [7, 11) is 1.36. The molecule has 0 radical (unpaired) electrons. The van der Waals surface area contributed by atoms with E-state index in [0.29, 0.717) is 5.56 Å². The van der Waals surface area contributed by atoms with Crippen LogP contribution in [0.1, 0.15) is 23.2 Å². The molecule has 1 fully saturated rings. The van der Waals surface area contributed by atoms with E-state index in [4.69, 9.17) is 5.73 Å². The minimum Gasteiger partial charge on any atom is -0.465 e. The Balaban J connectivity index is 2.09. The Bertz CT molecular complexity index is 391. The highest BCUT2D eigenvalue weighted by Gasteiger charge is 2.18. The lowest BCUT2D eigenvalue weighted by molar-refractivity contribution is 0.0600. The molecule has 0 spiro atoms. The van der Waals surface area contributed by atoms with Crippen LogP contribution < -0.4 is 10.6 Å². The van der Waals surface area contributed by atoms with Crippen LogP contribution in [-0.4, -0.2) is 37.2 Å². The molecule has 1 aromatic heterocycles. The fourth-order valence-electron chi connectivity index (χ4n) is 2.03. The molecule has 0 amide bonds. The molecule has 2 N–H and O–H groups in total. The quantitative estimate of drug-likeness (QED) is 0.768. The largest absolute Gasteiger partial charge is 0.465 e. The topological polar surface area (TPSA) is 68.5 Å². The van der Waals surface area contributed by atoms with Crippen molar-refractivity contribution in [3.05, 3.63) is 23.9 Å². The molecule has 0 bridgehead atoms. The Morgan fingerprint density at radius 2 is 2.41 bits per heavy atom. The van der Waals surface area contributed by atoms with E-state index in [1.54, 1.807) is 12.3 Å². The number of rotatable bonds is 2. The molecule has 0 saturated carbocycles. The van der Waals surface area contributed by atoms with E-state index < -0.39 is 0 Å². The van der Waals surface area contributed by atoms with Crippen molar-refractivity contribution in [3.63, 3.8) is 0 Å². The molecule has 1 aromatic rings. The summed E-state index contributed by atoms with van der Waals surface area (Å²) in [6.07, 6.45) is 3.69. The molecule has 1 aliphatic heterocycles. The van der Waals surface area contributed by atoms with Crippen molar-refractivity contribution in [2.75, 3.05) is 25.1 Å². The van der Waals surface area contributed by atoms with E-state index in [9.17, 15) is 4.79 Å². The number of methoxy groups -OCH3 is 1. The first kappa shape index (κ1) is 11.9. The van der Waals surface area contributed by atoms with Crippen LogP contribution in [-0.2, 0) is 4.74 Å². The third-order valence-electron chi connectivity index (χ3n) is 2.95. The highest BCUT2D eigenvalue weighted by atomic mass is 16.5. The average molecular weight is 235 g/mol. The van der Waals surface area contributed by atoms with Crippen LogP contribution in [0.25, 0.3) is 0 Å². The number of piperidine rings is 1. The molecule has 0 unspecified atom stereocenters. The lowest BCUT2D eigenvalue weighted by atomic mass is 10.1. The number of nitrogens with two attached hydrogens (primary N) is 1. The number of hydrogen-bond acceptors (Lipinski definition) is 5. The molecule has 1 saturated heterocycles. The van der Waals surface area contributed by atoms with Crippen molar-refractivity contribution in [2.24, 2.45) is 5.73 Å². The fourth-order valence-corrected chi connectivity index (χ4v) is 2.03. The van der Waals surface area contributed by atoms with Gasteiger partial charge in [0.05, 0.1) is 12.7 Å². The number of carbonyl (C=O) groups is 1. The zero-order valence-corrected chi connectivity index (χ0v) is 9.93. The SMILES string of the molecule is COC(=O)c1ccc(N2CCC[C@H](N)C2)nc1. The summed E-state index contributed by atoms with van der Waals surface area (Å²) in [4.78, 5) is 17.7. The zero-order chi connectivity index (χ0) is 12.3. The summed E-state index contributed by atoms with van der Waals surface area (Å²) in [5, 5.41) is 0. The van der Waals surface area contributed by atoms with Gasteiger partial charge in [0, 0.05) is 25.3 Å². The molecule has 5 nitrogen and oxygen atoms in total. The first-order chi connectivity index (χ1) is 8.20. The number of ether oxygens (including phenoxy) is 1. The summed E-state index contributed by atoms with van der Waals surface area (Å²) >= 11 is 0. The fraction of sp³-hybridized carbons (Fsp3) is 0.500. The van der Waals surface area contributed by atoms with Crippen LogP contribution in [0.2, 0.25) is 0 Å². The lowest BCUT2D eigenvalue weighted by Crippen LogP contribution is -2.43. The van der Waals surface area contributed by atoms with Crippen molar-refractivity contribution in [1.82, 2.24) is 4.98 Å². The van der Waals surface area contributed by atoms with E-state index in [2.05, 4.69) is 14.6 Å². The van der Waals surface area contributed by atoms with Gasteiger partial charge in [-0.15, -0.1) is 0 Å². The van der Waals surface area contributed by atoms with Gasteiger partial charge in [0.2, 0.25) is 0 Å². The third-order valence-corrected chi connectivity index (χ3v) is 2.95. The highest BCUT2D eigenvalue weighted by Crippen LogP contribution is 2.17. The predicted octanol–water partition coefficient (Wildman–Crippen LogP) is 0.796. The maximum atomic E-state index is 11.3. The van der Waals surface area contributed by atoms with Crippen molar-refractivity contribution < 1.29 is 9.53 Å². The van der Waals surface area contributed by atoms with Gasteiger partial charge in [-0.05, 0) is 25.0 Å². The number of anilines is 1. The van der Waals surface area contributed by atoms with E-state index in [0.717, 1.165) is 31.7 Å². The second-order valence-electron chi connectivity index (χ2n) is 4.24. The first-order valence-corrected chi connectivity index (χ1v) is 5.75. The number of pyridine rings is 1. The number of aromatic nitrogens is 1. The zero-order valence-electron chi connectivity index (χ0n) is 9.93. The van der Waals surface area contributed by atoms with Crippen LogP contribution in [0.3, 0.4) is 0 Å². The molecule has 1 aliphatic rings. The van der Waals surface area contributed by atoms with Crippen LogP contribution in [0.4, 0.5) is 5.82 Å². The smallest absolute Gasteiger partial charge is 0.339 e. The predicted molar refractivity (Wildman–Crippen MR) is 65.0 cm³/mol. The van der Waals surface area contributed by atoms with Gasteiger partial charge >= 0.3 is 5.97 Å². The summed E-state index contributed by atoms with van der Waals surface area (Å²) in [5.74, 6) is 0.507. The summed E-state index contributed by atoms with van der Waals surface area (Å²) in [5.41, 5.74) is 6.39. The highest BCUT2D eigenvalue weighted by molar-refractivity contribution is 5.89. The minimum atomic E-state index is -0.362. The van der Waals surface area contributed by atoms with E-state index in [-0.39, 0.29) is 12.0 Å². The van der Waals surface area contributed by atoms with Gasteiger partial charge < -0.3 is 15.4 Å². The van der Waals surface area contributed by atoms with Crippen LogP contribution >= 0.6 is 0 Å². The molecular weight excluding hydrogens is 218 g/mol. The average Bonchev–Trinajstić information content (AvgIpc) is 2.38. The number of nitrogens with zero attached hydrogens (tertiary/aromatic N) is 2. The monoisotopic (exact) mass is 235 g/mol. The second kappa shape index (κ2) is 5.14. The number of hydrogen-bond donors (Lipinski definition) is 1. The summed E-state index contributed by atoms with van der Waals surface area (Å²) < 4.78 is 4.63. The maximum Gasteiger partial charge on any atom is 0.339 e. The van der Waals surface area contributed by atoms with Crippen molar-refractivity contribution in [3.8, 4) is 0 Å². The maximum absolute atomic E-state index is 11.3. The standard InChI is InChI=1S/C12H17N3O2/c1-17-12(16)9-4-5-11(14-7-9)15-6-2-3-10(13)8-15/h4-5,7,10H,2-3,6,8,13H2,1H3/t10-/m0/s1. The lowest BCUT2D eigenvalue weighted by Gasteiger charge is -2.31. The normalized spacial score (nSPS) is 20.1. The molecule has 0 aliphatic carbocycles. The summed E-state index contributed by atoms with van der Waals surface area (Å²) in [6.45, 7) is 1.79. The minimum absolute atomic E-state index is 0.214. The third kappa shape index (κ3) is 2.74. The van der Waals surface area contributed by atoms with Gasteiger partial charge in [0.25, 0.3) is 0 Å². The summed E-state index contributed by atoms with van der Waals surface area (Å²) in [6, 6.07) is 3.78. The molecule has 0 aromatic carbocycles. The van der Waals surface area contributed by atoms with Crippen LogP contribution in [0.5, 0.6) is 0 Å². The van der Waals surface area contributed by atoms with Crippen molar-refractivity contribution in [2.45, 2.75) is 18.9 Å². The molecule has 5 heteroatoms. The van der Waals surface area contributed by atoms with Crippen LogP contribution in [0, 0.1) is 0 Å². The Morgan fingerprint density at radius 1 is 1.59 bits per heavy atom. The van der Waals surface area contributed by atoms with Gasteiger partial charge in [-0.1, -0.05) is 0 Å². The van der Waals surface area contributed by atoms with Gasteiger partial charge in [0.1, 0.15) is 5.82 Å². The van der Waals surface area contributed by atoms with Gasteiger partial charge in [-0.3, -0.25) is 0 Å². The number of carbonyl (C=O) groups excluding carboxylic acids is 1. The van der Waals surface area contributed by atoms with Crippen molar-refractivity contribution >= 4 is 11.8 Å². The molecule has 2 heterocycles. The molecule has 17 heavy (non-hydrogen) atoms. The Morgan fingerprint density at radius 3 is 3.00 bits per heavy atom. The van der Waals surface area contributed by atoms with Crippen molar-refractivity contribution in [1.29, 1.82) is 0 Å². The van der Waals surface area contributed by atoms with Crippen LogP contribution in [0.15, 0.2) is 18.3 Å². The first-order valence-electron chi connectivity index (χ1n) is 5.75. The van der Waals surface area contributed by atoms with E-state index in [1.165, 1.54) is 7.11 Å². The molecule has 92 valence electrons. The van der Waals surface area contributed by atoms with Gasteiger partial charge in [0.15, 0.2) is 0 Å². The van der Waals surface area contributed by atoms with E-state index in [1.807, 2.05) is 6.07 Å². The Labute approximate surface area is 101 Å². The molecule has 2 rings (SSSR count). The second-order valence-corrected chi connectivity index (χ2v) is 4.24. The molecule has 1 atom stereocenters. The number of esters is 1.